The Labute approximate surface area is 76.3 Å². The van der Waals surface area contributed by atoms with E-state index in [2.05, 4.69) is 5.10 Å². The molecule has 2 nitrogen and oxygen atoms in total. The van der Waals surface area contributed by atoms with Crippen molar-refractivity contribution < 1.29 is 22.0 Å². The van der Waals surface area contributed by atoms with Gasteiger partial charge in [-0.15, -0.1) is 0 Å². The average Bonchev–Trinajstić information content (AvgIpc) is 2.40. The molecule has 0 aliphatic heterocycles. The number of nitrogens with zero attached hydrogens (tertiary/aromatic N) is 2. The van der Waals surface area contributed by atoms with Gasteiger partial charge in [-0.05, 0) is 0 Å². The standard InChI is InChI=1S/C7H7F5N2/c1-14-5(3-9)4(2-8)6(13-14)7(10,11)12/h2-3H2,1H3. The van der Waals surface area contributed by atoms with E-state index in [1.807, 2.05) is 0 Å². The Bertz CT molecular complexity index is 328. The summed E-state index contributed by atoms with van der Waals surface area (Å²) in [5, 5.41) is 3.04. The van der Waals surface area contributed by atoms with E-state index in [0.29, 0.717) is 4.68 Å². The highest BCUT2D eigenvalue weighted by Gasteiger charge is 2.38. The van der Waals surface area contributed by atoms with Crippen LogP contribution in [0.2, 0.25) is 0 Å². The molecule has 0 bridgehead atoms. The topological polar surface area (TPSA) is 17.8 Å². The van der Waals surface area contributed by atoms with E-state index in [-0.39, 0.29) is 5.69 Å². The van der Waals surface area contributed by atoms with Gasteiger partial charge in [0.15, 0.2) is 5.69 Å². The number of aromatic nitrogens is 2. The predicted molar refractivity (Wildman–Crippen MR) is 37.8 cm³/mol. The van der Waals surface area contributed by atoms with Crippen LogP contribution in [0.4, 0.5) is 22.0 Å². The van der Waals surface area contributed by atoms with Crippen LogP contribution in [0.3, 0.4) is 0 Å². The van der Waals surface area contributed by atoms with Gasteiger partial charge >= 0.3 is 6.18 Å². The van der Waals surface area contributed by atoms with E-state index in [9.17, 15) is 22.0 Å². The molecule has 0 unspecified atom stereocenters. The van der Waals surface area contributed by atoms with Crippen LogP contribution in [0.25, 0.3) is 0 Å². The van der Waals surface area contributed by atoms with Crippen molar-refractivity contribution in [1.29, 1.82) is 0 Å². The molecule has 0 N–H and O–H groups in total. The zero-order valence-corrected chi connectivity index (χ0v) is 7.20. The van der Waals surface area contributed by atoms with Gasteiger partial charge in [0, 0.05) is 12.6 Å². The highest BCUT2D eigenvalue weighted by molar-refractivity contribution is 5.27. The van der Waals surface area contributed by atoms with E-state index in [4.69, 9.17) is 0 Å². The second-order valence-corrected chi connectivity index (χ2v) is 2.66. The summed E-state index contributed by atoms with van der Waals surface area (Å²) in [6.07, 6.45) is -4.74. The number of halogens is 5. The monoisotopic (exact) mass is 214 g/mol. The molecule has 1 aromatic heterocycles. The maximum atomic E-state index is 12.3. The largest absolute Gasteiger partial charge is 0.435 e. The van der Waals surface area contributed by atoms with Crippen LogP contribution >= 0.6 is 0 Å². The molecule has 0 aromatic carbocycles. The van der Waals surface area contributed by atoms with Gasteiger partial charge in [0.05, 0.1) is 5.69 Å². The molecule has 0 aliphatic carbocycles. The molecule has 0 atom stereocenters. The van der Waals surface area contributed by atoms with Crippen LogP contribution in [0.15, 0.2) is 0 Å². The SMILES string of the molecule is Cn1nc(C(F)(F)F)c(CF)c1CF. The third kappa shape index (κ3) is 1.71. The Hall–Kier alpha value is -1.14. The third-order valence-corrected chi connectivity index (χ3v) is 1.80. The van der Waals surface area contributed by atoms with E-state index >= 15 is 0 Å². The number of alkyl halides is 5. The first-order chi connectivity index (χ1) is 6.41. The van der Waals surface area contributed by atoms with Crippen molar-refractivity contribution in [2.75, 3.05) is 0 Å². The van der Waals surface area contributed by atoms with Gasteiger partial charge in [0.25, 0.3) is 0 Å². The first-order valence-electron chi connectivity index (χ1n) is 3.65. The van der Waals surface area contributed by atoms with Crippen molar-refractivity contribution in [2.45, 2.75) is 19.5 Å². The van der Waals surface area contributed by atoms with Gasteiger partial charge in [-0.25, -0.2) is 8.78 Å². The van der Waals surface area contributed by atoms with Crippen LogP contribution in [-0.4, -0.2) is 9.78 Å². The van der Waals surface area contributed by atoms with Gasteiger partial charge in [0.1, 0.15) is 13.3 Å². The molecule has 1 rings (SSSR count). The normalized spacial score (nSPS) is 12.1. The molecular formula is C7H7F5N2. The summed E-state index contributed by atoms with van der Waals surface area (Å²) in [5.41, 5.74) is -2.45. The van der Waals surface area contributed by atoms with Gasteiger partial charge in [0.2, 0.25) is 0 Å². The third-order valence-electron chi connectivity index (χ3n) is 1.80. The van der Waals surface area contributed by atoms with Crippen LogP contribution < -0.4 is 0 Å². The fraction of sp³-hybridized carbons (Fsp3) is 0.571. The number of rotatable bonds is 2. The predicted octanol–water partition coefficient (Wildman–Crippen LogP) is 2.38. The van der Waals surface area contributed by atoms with Crippen molar-refractivity contribution in [3.63, 3.8) is 0 Å². The quantitative estimate of drug-likeness (QED) is 0.691. The molecule has 7 heteroatoms. The Morgan fingerprint density at radius 2 is 1.79 bits per heavy atom. The average molecular weight is 214 g/mol. The van der Waals surface area contributed by atoms with Crippen LogP contribution in [0, 0.1) is 0 Å². The molecular weight excluding hydrogens is 207 g/mol. The summed E-state index contributed by atoms with van der Waals surface area (Å²) in [7, 11) is 1.14. The molecule has 0 saturated heterocycles. The molecule has 14 heavy (non-hydrogen) atoms. The van der Waals surface area contributed by atoms with E-state index in [0.717, 1.165) is 7.05 Å². The molecule has 0 amide bonds. The van der Waals surface area contributed by atoms with E-state index in [1.165, 1.54) is 0 Å². The molecule has 0 radical (unpaired) electrons. The van der Waals surface area contributed by atoms with Gasteiger partial charge in [-0.2, -0.15) is 18.3 Å². The second kappa shape index (κ2) is 3.55. The summed E-state index contributed by atoms with van der Waals surface area (Å²) in [5.74, 6) is 0. The van der Waals surface area contributed by atoms with Crippen molar-refractivity contribution in [2.24, 2.45) is 7.05 Å². The molecule has 0 spiro atoms. The summed E-state index contributed by atoms with van der Waals surface area (Å²) in [4.78, 5) is 0. The Kier molecular flexibility index (Phi) is 2.77. The molecule has 0 aliphatic rings. The second-order valence-electron chi connectivity index (χ2n) is 2.66. The minimum Gasteiger partial charge on any atom is -0.269 e. The van der Waals surface area contributed by atoms with Crippen LogP contribution in [0.5, 0.6) is 0 Å². The van der Waals surface area contributed by atoms with Crippen molar-refractivity contribution in [3.8, 4) is 0 Å². The smallest absolute Gasteiger partial charge is 0.269 e. The molecule has 1 heterocycles. The highest BCUT2D eigenvalue weighted by Crippen LogP contribution is 2.33. The summed E-state index contributed by atoms with van der Waals surface area (Å²) < 4.78 is 61.8. The molecule has 0 saturated carbocycles. The van der Waals surface area contributed by atoms with Crippen LogP contribution in [0.1, 0.15) is 17.0 Å². The lowest BCUT2D eigenvalue weighted by molar-refractivity contribution is -0.142. The Morgan fingerprint density at radius 3 is 2.14 bits per heavy atom. The summed E-state index contributed by atoms with van der Waals surface area (Å²) >= 11 is 0. The van der Waals surface area contributed by atoms with Crippen molar-refractivity contribution in [1.82, 2.24) is 9.78 Å². The van der Waals surface area contributed by atoms with Gasteiger partial charge < -0.3 is 0 Å². The maximum absolute atomic E-state index is 12.3. The summed E-state index contributed by atoms with van der Waals surface area (Å²) in [6, 6.07) is 0. The first-order valence-corrected chi connectivity index (χ1v) is 3.65. The Balaban J connectivity index is 3.31. The van der Waals surface area contributed by atoms with Crippen LogP contribution in [-0.2, 0) is 26.6 Å². The zero-order valence-electron chi connectivity index (χ0n) is 7.20. The minimum absolute atomic E-state index is 0.375. The molecule has 0 fully saturated rings. The zero-order chi connectivity index (χ0) is 10.9. The molecule has 1 aromatic rings. The number of hydrogen-bond donors (Lipinski definition) is 0. The fourth-order valence-electron chi connectivity index (χ4n) is 1.14. The number of hydrogen-bond acceptors (Lipinski definition) is 1. The first kappa shape index (κ1) is 10.9. The lowest BCUT2D eigenvalue weighted by Gasteiger charge is -2.03. The maximum Gasteiger partial charge on any atom is 0.435 e. The Morgan fingerprint density at radius 1 is 1.21 bits per heavy atom. The van der Waals surface area contributed by atoms with E-state index < -0.39 is 30.8 Å². The van der Waals surface area contributed by atoms with Crippen molar-refractivity contribution >= 4 is 0 Å². The number of aryl methyl sites for hydroxylation is 1. The lowest BCUT2D eigenvalue weighted by Crippen LogP contribution is -2.09. The minimum atomic E-state index is -4.74. The van der Waals surface area contributed by atoms with Gasteiger partial charge in [-0.3, -0.25) is 4.68 Å². The lowest BCUT2D eigenvalue weighted by atomic mass is 10.2. The summed E-state index contributed by atoms with van der Waals surface area (Å²) in [6.45, 7) is -2.54. The van der Waals surface area contributed by atoms with E-state index in [1.54, 1.807) is 0 Å². The van der Waals surface area contributed by atoms with Crippen molar-refractivity contribution in [3.05, 3.63) is 17.0 Å². The van der Waals surface area contributed by atoms with Gasteiger partial charge in [-0.1, -0.05) is 0 Å². The molecule has 80 valence electrons. The fourth-order valence-corrected chi connectivity index (χ4v) is 1.14. The highest BCUT2D eigenvalue weighted by atomic mass is 19.4.